The number of rotatable bonds is 4. The van der Waals surface area contributed by atoms with Gasteiger partial charge in [0.2, 0.25) is 0 Å². The largest absolute Gasteiger partial charge is 0.480 e. The van der Waals surface area contributed by atoms with Crippen molar-refractivity contribution in [1.29, 1.82) is 0 Å². The summed E-state index contributed by atoms with van der Waals surface area (Å²) in [6, 6.07) is 5.15. The van der Waals surface area contributed by atoms with Gasteiger partial charge in [-0.05, 0) is 54.1 Å². The number of hydrogen-bond acceptors (Lipinski definition) is 2. The van der Waals surface area contributed by atoms with Crippen LogP contribution < -0.4 is 5.32 Å². The molecule has 0 saturated carbocycles. The second kappa shape index (κ2) is 6.58. The lowest BCUT2D eigenvalue weighted by atomic mass is 10.2. The van der Waals surface area contributed by atoms with E-state index >= 15 is 0 Å². The van der Waals surface area contributed by atoms with Crippen molar-refractivity contribution in [3.05, 3.63) is 27.3 Å². The second-order valence-corrected chi connectivity index (χ2v) is 4.96. The van der Waals surface area contributed by atoms with Crippen LogP contribution in [0.25, 0.3) is 0 Å². The number of carboxylic acid groups (broad SMARTS) is 1. The Bertz CT molecular complexity index is 463. The molecule has 0 unspecified atom stereocenters. The molecule has 6 heteroatoms. The Morgan fingerprint density at radius 1 is 1.44 bits per heavy atom. The Morgan fingerprint density at radius 3 is 2.61 bits per heavy atom. The number of nitrogens with one attached hydrogen (secondary N) is 1. The van der Waals surface area contributed by atoms with Crippen LogP contribution in [-0.2, 0) is 4.79 Å². The summed E-state index contributed by atoms with van der Waals surface area (Å²) >= 11 is 2.18. The van der Waals surface area contributed by atoms with Crippen molar-refractivity contribution in [2.45, 2.75) is 13.8 Å². The molecule has 1 aromatic rings. The Labute approximate surface area is 119 Å². The topological polar surface area (TPSA) is 69.6 Å². The van der Waals surface area contributed by atoms with E-state index in [4.69, 9.17) is 5.11 Å². The molecule has 0 aliphatic heterocycles. The number of nitrogens with zero attached hydrogens (tertiary/aromatic N) is 1. The van der Waals surface area contributed by atoms with E-state index in [1.165, 1.54) is 4.90 Å². The average Bonchev–Trinajstić information content (AvgIpc) is 2.30. The van der Waals surface area contributed by atoms with Crippen LogP contribution in [0.4, 0.5) is 10.5 Å². The number of hydrogen-bond donors (Lipinski definition) is 2. The van der Waals surface area contributed by atoms with Crippen LogP contribution in [-0.4, -0.2) is 35.1 Å². The molecule has 18 heavy (non-hydrogen) atoms. The van der Waals surface area contributed by atoms with Crippen LogP contribution in [0.5, 0.6) is 0 Å². The van der Waals surface area contributed by atoms with Gasteiger partial charge in [0.1, 0.15) is 6.54 Å². The van der Waals surface area contributed by atoms with Crippen LogP contribution in [0.2, 0.25) is 0 Å². The molecule has 0 aromatic heterocycles. The quantitative estimate of drug-likeness (QED) is 0.809. The van der Waals surface area contributed by atoms with E-state index < -0.39 is 12.0 Å². The highest BCUT2D eigenvalue weighted by Gasteiger charge is 2.14. The highest BCUT2D eigenvalue weighted by Crippen LogP contribution is 2.17. The van der Waals surface area contributed by atoms with E-state index in [9.17, 15) is 9.59 Å². The summed E-state index contributed by atoms with van der Waals surface area (Å²) in [5.41, 5.74) is 1.80. The molecule has 1 rings (SSSR count). The first-order valence-corrected chi connectivity index (χ1v) is 6.55. The van der Waals surface area contributed by atoms with Gasteiger partial charge in [-0.3, -0.25) is 4.79 Å². The summed E-state index contributed by atoms with van der Waals surface area (Å²) in [4.78, 5) is 23.7. The van der Waals surface area contributed by atoms with E-state index in [1.807, 2.05) is 19.1 Å². The number of anilines is 1. The predicted molar refractivity (Wildman–Crippen MR) is 77.8 cm³/mol. The Kier molecular flexibility index (Phi) is 5.39. The zero-order chi connectivity index (χ0) is 13.7. The minimum absolute atomic E-state index is 0.300. The van der Waals surface area contributed by atoms with Crippen LogP contribution in [0, 0.1) is 10.5 Å². The van der Waals surface area contributed by atoms with Crippen LogP contribution in [0.3, 0.4) is 0 Å². The number of halogens is 1. The van der Waals surface area contributed by atoms with Crippen LogP contribution >= 0.6 is 22.6 Å². The van der Waals surface area contributed by atoms with Gasteiger partial charge in [-0.2, -0.15) is 0 Å². The van der Waals surface area contributed by atoms with Crippen molar-refractivity contribution in [1.82, 2.24) is 4.90 Å². The smallest absolute Gasteiger partial charge is 0.323 e. The molecule has 1 aromatic carbocycles. The van der Waals surface area contributed by atoms with E-state index in [1.54, 1.807) is 13.0 Å². The fraction of sp³-hybridized carbons (Fsp3) is 0.333. The third-order valence-electron chi connectivity index (χ3n) is 2.42. The first-order valence-electron chi connectivity index (χ1n) is 5.48. The number of aliphatic carboxylic acids is 1. The minimum Gasteiger partial charge on any atom is -0.480 e. The van der Waals surface area contributed by atoms with Crippen LogP contribution in [0.15, 0.2) is 18.2 Å². The van der Waals surface area contributed by atoms with E-state index in [0.29, 0.717) is 12.2 Å². The molecule has 2 N–H and O–H groups in total. The van der Waals surface area contributed by atoms with Gasteiger partial charge in [-0.15, -0.1) is 0 Å². The van der Waals surface area contributed by atoms with Gasteiger partial charge >= 0.3 is 12.0 Å². The summed E-state index contributed by atoms with van der Waals surface area (Å²) in [7, 11) is 0. The fourth-order valence-corrected chi connectivity index (χ4v) is 1.88. The molecule has 0 aliphatic rings. The number of carboxylic acids is 1. The number of amides is 2. The summed E-state index contributed by atoms with van der Waals surface area (Å²) in [5.74, 6) is -1.02. The summed E-state index contributed by atoms with van der Waals surface area (Å²) in [5, 5.41) is 11.4. The first kappa shape index (κ1) is 14.7. The van der Waals surface area contributed by atoms with Crippen molar-refractivity contribution in [2.24, 2.45) is 0 Å². The number of urea groups is 1. The lowest BCUT2D eigenvalue weighted by molar-refractivity contribution is -0.137. The highest BCUT2D eigenvalue weighted by atomic mass is 127. The molecule has 0 fully saturated rings. The number of likely N-dealkylation sites (N-methyl/N-ethyl adjacent to an activating group) is 1. The zero-order valence-corrected chi connectivity index (χ0v) is 12.4. The van der Waals surface area contributed by atoms with E-state index in [2.05, 4.69) is 27.9 Å². The monoisotopic (exact) mass is 362 g/mol. The second-order valence-electron chi connectivity index (χ2n) is 3.80. The molecule has 5 nitrogen and oxygen atoms in total. The molecule has 98 valence electrons. The fourth-order valence-electron chi connectivity index (χ4n) is 1.36. The predicted octanol–water partition coefficient (Wildman–Crippen LogP) is 2.54. The van der Waals surface area contributed by atoms with Crippen molar-refractivity contribution in [2.75, 3.05) is 18.4 Å². The third-order valence-corrected chi connectivity index (χ3v) is 3.58. The Balaban J connectivity index is 2.73. The highest BCUT2D eigenvalue weighted by molar-refractivity contribution is 14.1. The van der Waals surface area contributed by atoms with Crippen molar-refractivity contribution < 1.29 is 14.7 Å². The molecule has 0 saturated heterocycles. The van der Waals surface area contributed by atoms with Gasteiger partial charge in [-0.1, -0.05) is 6.07 Å². The standard InChI is InChI=1S/C12H15IN2O3/c1-3-15(7-11(16)17)12(18)14-9-5-4-8(2)10(13)6-9/h4-6H,3,7H2,1-2H3,(H,14,18)(H,16,17). The summed E-state index contributed by atoms with van der Waals surface area (Å²) < 4.78 is 1.05. The van der Waals surface area contributed by atoms with Gasteiger partial charge in [0, 0.05) is 15.8 Å². The molecule has 2 amide bonds. The zero-order valence-electron chi connectivity index (χ0n) is 10.2. The van der Waals surface area contributed by atoms with Gasteiger partial charge < -0.3 is 15.3 Å². The Morgan fingerprint density at radius 2 is 2.11 bits per heavy atom. The molecule has 0 spiro atoms. The van der Waals surface area contributed by atoms with Crippen molar-refractivity contribution in [3.8, 4) is 0 Å². The van der Waals surface area contributed by atoms with Gasteiger partial charge in [-0.25, -0.2) is 4.79 Å². The maximum atomic E-state index is 11.8. The van der Waals surface area contributed by atoms with E-state index in [-0.39, 0.29) is 6.54 Å². The lowest BCUT2D eigenvalue weighted by Crippen LogP contribution is -2.38. The number of benzene rings is 1. The SMILES string of the molecule is CCN(CC(=O)O)C(=O)Nc1ccc(C)c(I)c1. The first-order chi connectivity index (χ1) is 8.43. The minimum atomic E-state index is -1.02. The number of carbonyl (C=O) groups excluding carboxylic acids is 1. The van der Waals surface area contributed by atoms with Crippen molar-refractivity contribution >= 4 is 40.3 Å². The van der Waals surface area contributed by atoms with Crippen molar-refractivity contribution in [3.63, 3.8) is 0 Å². The molecule has 0 heterocycles. The molecular weight excluding hydrogens is 347 g/mol. The average molecular weight is 362 g/mol. The third kappa shape index (κ3) is 4.17. The molecular formula is C12H15IN2O3. The van der Waals surface area contributed by atoms with Gasteiger partial charge in [0.05, 0.1) is 0 Å². The van der Waals surface area contributed by atoms with Gasteiger partial charge in [0.25, 0.3) is 0 Å². The summed E-state index contributed by atoms with van der Waals surface area (Å²) in [6.07, 6.45) is 0. The van der Waals surface area contributed by atoms with Gasteiger partial charge in [0.15, 0.2) is 0 Å². The summed E-state index contributed by atoms with van der Waals surface area (Å²) in [6.45, 7) is 3.77. The maximum absolute atomic E-state index is 11.8. The van der Waals surface area contributed by atoms with E-state index in [0.717, 1.165) is 9.13 Å². The normalized spacial score (nSPS) is 9.94. The lowest BCUT2D eigenvalue weighted by Gasteiger charge is -2.19. The molecule has 0 bridgehead atoms. The Hall–Kier alpha value is -1.31. The number of aryl methyl sites for hydroxylation is 1. The molecule has 0 aliphatic carbocycles. The molecule has 0 atom stereocenters. The molecule has 0 radical (unpaired) electrons. The van der Waals surface area contributed by atoms with Crippen LogP contribution in [0.1, 0.15) is 12.5 Å². The maximum Gasteiger partial charge on any atom is 0.323 e. The number of carbonyl (C=O) groups is 2.